The number of carbonyl (C=O) groups excluding carboxylic acids is 1. The van der Waals surface area contributed by atoms with Crippen molar-refractivity contribution in [3.8, 4) is 0 Å². The van der Waals surface area contributed by atoms with Gasteiger partial charge in [-0.25, -0.2) is 13.2 Å². The number of hydrogen-bond donors (Lipinski definition) is 1. The van der Waals surface area contributed by atoms with Crippen LogP contribution >= 0.6 is 0 Å². The molecule has 0 spiro atoms. The van der Waals surface area contributed by atoms with E-state index in [1.807, 2.05) is 0 Å². The molecular formula is C16H14F3NO4S. The maximum Gasteiger partial charge on any atom is 0.416 e. The van der Waals surface area contributed by atoms with Crippen LogP contribution in [0.15, 0.2) is 53.4 Å². The zero-order valence-corrected chi connectivity index (χ0v) is 13.8. The Labute approximate surface area is 142 Å². The Morgan fingerprint density at radius 3 is 2.32 bits per heavy atom. The van der Waals surface area contributed by atoms with E-state index in [-0.39, 0.29) is 22.8 Å². The smallest absolute Gasteiger partial charge is 0.416 e. The normalized spacial score (nSPS) is 11.8. The molecule has 0 aromatic heterocycles. The van der Waals surface area contributed by atoms with Gasteiger partial charge in [0, 0.05) is 5.69 Å². The number of carbonyl (C=O) groups is 1. The van der Waals surface area contributed by atoms with Crippen molar-refractivity contribution in [1.82, 2.24) is 0 Å². The second-order valence-corrected chi connectivity index (χ2v) is 6.61. The Balaban J connectivity index is 2.23. The van der Waals surface area contributed by atoms with Gasteiger partial charge in [-0.05, 0) is 49.4 Å². The van der Waals surface area contributed by atoms with Crippen LogP contribution in [0.25, 0.3) is 0 Å². The molecule has 9 heteroatoms. The summed E-state index contributed by atoms with van der Waals surface area (Å²) in [4.78, 5) is 11.3. The number of halogens is 3. The van der Waals surface area contributed by atoms with Crippen LogP contribution in [0, 0.1) is 0 Å². The minimum Gasteiger partial charge on any atom is -0.462 e. The Morgan fingerprint density at radius 1 is 1.12 bits per heavy atom. The van der Waals surface area contributed by atoms with Gasteiger partial charge in [0.05, 0.1) is 22.6 Å². The minimum absolute atomic E-state index is 0.167. The first kappa shape index (κ1) is 18.8. The summed E-state index contributed by atoms with van der Waals surface area (Å²) in [5.74, 6) is -0.600. The maximum atomic E-state index is 12.7. The van der Waals surface area contributed by atoms with Gasteiger partial charge in [-0.15, -0.1) is 0 Å². The average molecular weight is 373 g/mol. The SMILES string of the molecule is CCOC(=O)c1ccc(S(=O)(=O)Nc2cccc(C(F)(F)F)c2)cc1. The number of esters is 1. The van der Waals surface area contributed by atoms with E-state index in [1.165, 1.54) is 30.3 Å². The molecule has 1 N–H and O–H groups in total. The van der Waals surface area contributed by atoms with Crippen LogP contribution in [-0.4, -0.2) is 21.0 Å². The quantitative estimate of drug-likeness (QED) is 0.812. The monoisotopic (exact) mass is 373 g/mol. The summed E-state index contributed by atoms with van der Waals surface area (Å²) in [7, 11) is -4.10. The first-order chi connectivity index (χ1) is 11.6. The molecule has 0 fully saturated rings. The second kappa shape index (κ2) is 7.14. The fourth-order valence-corrected chi connectivity index (χ4v) is 3.01. The molecule has 0 aliphatic carbocycles. The second-order valence-electron chi connectivity index (χ2n) is 4.93. The van der Waals surface area contributed by atoms with Crippen LogP contribution in [-0.2, 0) is 20.9 Å². The Hall–Kier alpha value is -2.55. The van der Waals surface area contributed by atoms with Crippen molar-refractivity contribution in [3.63, 3.8) is 0 Å². The third kappa shape index (κ3) is 4.72. The lowest BCUT2D eigenvalue weighted by Gasteiger charge is -2.11. The number of anilines is 1. The Kier molecular flexibility index (Phi) is 5.36. The van der Waals surface area contributed by atoms with Gasteiger partial charge in [0.25, 0.3) is 10.0 Å². The molecule has 0 bridgehead atoms. The number of benzene rings is 2. The zero-order valence-electron chi connectivity index (χ0n) is 13.0. The topological polar surface area (TPSA) is 72.5 Å². The van der Waals surface area contributed by atoms with E-state index in [0.29, 0.717) is 6.07 Å². The Morgan fingerprint density at radius 2 is 1.76 bits per heavy atom. The highest BCUT2D eigenvalue weighted by atomic mass is 32.2. The van der Waals surface area contributed by atoms with Crippen molar-refractivity contribution in [1.29, 1.82) is 0 Å². The van der Waals surface area contributed by atoms with Crippen LogP contribution in [0.5, 0.6) is 0 Å². The molecule has 2 rings (SSSR count). The van der Waals surface area contributed by atoms with E-state index in [2.05, 4.69) is 4.72 Å². The third-order valence-electron chi connectivity index (χ3n) is 3.12. The summed E-state index contributed by atoms with van der Waals surface area (Å²) in [6.07, 6.45) is -4.58. The van der Waals surface area contributed by atoms with E-state index in [9.17, 15) is 26.4 Å². The standard InChI is InChI=1S/C16H14F3NO4S/c1-2-24-15(21)11-6-8-14(9-7-11)25(22,23)20-13-5-3-4-12(10-13)16(17,18)19/h3-10,20H,2H2,1H3. The van der Waals surface area contributed by atoms with Crippen molar-refractivity contribution in [2.75, 3.05) is 11.3 Å². The number of nitrogens with one attached hydrogen (secondary N) is 1. The summed E-state index contributed by atoms with van der Waals surface area (Å²) in [6.45, 7) is 1.81. The van der Waals surface area contributed by atoms with Crippen molar-refractivity contribution in [2.24, 2.45) is 0 Å². The Bertz CT molecular complexity index is 862. The number of hydrogen-bond acceptors (Lipinski definition) is 4. The lowest BCUT2D eigenvalue weighted by atomic mass is 10.2. The molecule has 0 aliphatic rings. The van der Waals surface area contributed by atoms with Crippen molar-refractivity contribution >= 4 is 21.7 Å². The predicted molar refractivity (Wildman–Crippen MR) is 84.7 cm³/mol. The van der Waals surface area contributed by atoms with E-state index >= 15 is 0 Å². The minimum atomic E-state index is -4.58. The molecule has 0 radical (unpaired) electrons. The molecule has 0 amide bonds. The lowest BCUT2D eigenvalue weighted by molar-refractivity contribution is -0.137. The molecule has 0 aliphatic heterocycles. The van der Waals surface area contributed by atoms with Crippen molar-refractivity contribution in [2.45, 2.75) is 18.0 Å². The summed E-state index contributed by atoms with van der Waals surface area (Å²) in [5.41, 5.74) is -1.02. The van der Waals surface area contributed by atoms with E-state index in [1.54, 1.807) is 6.92 Å². The molecule has 0 unspecified atom stereocenters. The van der Waals surface area contributed by atoms with Crippen LogP contribution in [0.2, 0.25) is 0 Å². The molecule has 5 nitrogen and oxygen atoms in total. The van der Waals surface area contributed by atoms with Crippen LogP contribution < -0.4 is 4.72 Å². The summed E-state index contributed by atoms with van der Waals surface area (Å²) >= 11 is 0. The summed E-state index contributed by atoms with van der Waals surface area (Å²) in [5, 5.41) is 0. The predicted octanol–water partition coefficient (Wildman–Crippen LogP) is 3.68. The van der Waals surface area contributed by atoms with Crippen molar-refractivity contribution in [3.05, 3.63) is 59.7 Å². The number of sulfonamides is 1. The van der Waals surface area contributed by atoms with E-state index in [0.717, 1.165) is 12.1 Å². The van der Waals surface area contributed by atoms with Gasteiger partial charge in [-0.2, -0.15) is 13.2 Å². The molecule has 0 atom stereocenters. The molecule has 2 aromatic rings. The number of alkyl halides is 3. The highest BCUT2D eigenvalue weighted by Crippen LogP contribution is 2.31. The van der Waals surface area contributed by atoms with Crippen molar-refractivity contribution < 1.29 is 31.1 Å². The fraction of sp³-hybridized carbons (Fsp3) is 0.188. The highest BCUT2D eigenvalue weighted by molar-refractivity contribution is 7.92. The molecular weight excluding hydrogens is 359 g/mol. The molecule has 25 heavy (non-hydrogen) atoms. The van der Waals surface area contributed by atoms with Gasteiger partial charge < -0.3 is 4.74 Å². The summed E-state index contributed by atoms with van der Waals surface area (Å²) in [6, 6.07) is 8.71. The van der Waals surface area contributed by atoms with E-state index < -0.39 is 27.7 Å². The molecule has 0 heterocycles. The van der Waals surface area contributed by atoms with Gasteiger partial charge >= 0.3 is 12.1 Å². The maximum absolute atomic E-state index is 12.7. The lowest BCUT2D eigenvalue weighted by Crippen LogP contribution is -2.14. The molecule has 0 saturated heterocycles. The van der Waals surface area contributed by atoms with Crippen LogP contribution in [0.3, 0.4) is 0 Å². The zero-order chi connectivity index (χ0) is 18.7. The van der Waals surface area contributed by atoms with Gasteiger partial charge in [0.2, 0.25) is 0 Å². The van der Waals surface area contributed by atoms with Gasteiger partial charge in [0.15, 0.2) is 0 Å². The van der Waals surface area contributed by atoms with Gasteiger partial charge in [0.1, 0.15) is 0 Å². The van der Waals surface area contributed by atoms with Gasteiger partial charge in [-0.3, -0.25) is 4.72 Å². The molecule has 0 saturated carbocycles. The summed E-state index contributed by atoms with van der Waals surface area (Å²) < 4.78 is 69.4. The third-order valence-corrected chi connectivity index (χ3v) is 4.52. The van der Waals surface area contributed by atoms with E-state index in [4.69, 9.17) is 4.74 Å². The first-order valence-corrected chi connectivity index (χ1v) is 8.59. The van der Waals surface area contributed by atoms with Crippen LogP contribution in [0.1, 0.15) is 22.8 Å². The number of rotatable bonds is 5. The van der Waals surface area contributed by atoms with Crippen LogP contribution in [0.4, 0.5) is 18.9 Å². The first-order valence-electron chi connectivity index (χ1n) is 7.11. The van der Waals surface area contributed by atoms with Gasteiger partial charge in [-0.1, -0.05) is 6.07 Å². The highest BCUT2D eigenvalue weighted by Gasteiger charge is 2.30. The molecule has 134 valence electrons. The number of ether oxygens (including phenoxy) is 1. The fourth-order valence-electron chi connectivity index (χ4n) is 1.96. The average Bonchev–Trinajstić information content (AvgIpc) is 2.54. The molecule has 2 aromatic carbocycles. The largest absolute Gasteiger partial charge is 0.462 e.